The molecule has 2 rings (SSSR count). The summed E-state index contributed by atoms with van der Waals surface area (Å²) in [4.78, 5) is 7.92. The molecule has 0 saturated heterocycles. The average Bonchev–Trinajstić information content (AvgIpc) is 2.80. The highest BCUT2D eigenvalue weighted by Crippen LogP contribution is 2.26. The molecule has 0 aliphatic heterocycles. The van der Waals surface area contributed by atoms with E-state index in [-0.39, 0.29) is 0 Å². The number of nitrogens with two attached hydrogens (primary N) is 1. The minimum Gasteiger partial charge on any atom is -0.461 e. The van der Waals surface area contributed by atoms with Gasteiger partial charge in [0.2, 0.25) is 0 Å². The van der Waals surface area contributed by atoms with Crippen LogP contribution in [0.15, 0.2) is 35.3 Å². The molecule has 2 aromatic rings. The third-order valence-corrected chi connectivity index (χ3v) is 2.56. The van der Waals surface area contributed by atoms with Crippen LogP contribution in [-0.2, 0) is 0 Å². The van der Waals surface area contributed by atoms with E-state index in [0.29, 0.717) is 12.5 Å². The predicted molar refractivity (Wildman–Crippen MR) is 61.8 cm³/mol. The molecule has 0 aliphatic carbocycles. The maximum absolute atomic E-state index is 5.75. The molecule has 0 spiro atoms. The second kappa shape index (κ2) is 4.90. The van der Waals surface area contributed by atoms with E-state index in [2.05, 4.69) is 16.9 Å². The zero-order chi connectivity index (χ0) is 11.4. The summed E-state index contributed by atoms with van der Waals surface area (Å²) in [6.07, 6.45) is 5.91. The minimum atomic E-state index is 0.350. The zero-order valence-electron chi connectivity index (χ0n) is 9.26. The smallest absolute Gasteiger partial charge is 0.137 e. The first-order valence-corrected chi connectivity index (χ1v) is 5.36. The molecule has 0 radical (unpaired) electrons. The van der Waals surface area contributed by atoms with Gasteiger partial charge >= 0.3 is 0 Å². The third-order valence-electron chi connectivity index (χ3n) is 2.56. The van der Waals surface area contributed by atoms with Crippen LogP contribution >= 0.6 is 0 Å². The van der Waals surface area contributed by atoms with Crippen LogP contribution in [-0.4, -0.2) is 16.5 Å². The fourth-order valence-electron chi connectivity index (χ4n) is 1.59. The molecule has 2 N–H and O–H groups in total. The van der Waals surface area contributed by atoms with Crippen molar-refractivity contribution >= 4 is 0 Å². The lowest BCUT2D eigenvalue weighted by Gasteiger charge is -2.05. The Balaban J connectivity index is 2.20. The number of nitrogens with zero attached hydrogens (tertiary/aromatic N) is 2. The van der Waals surface area contributed by atoms with E-state index in [1.54, 1.807) is 12.4 Å². The van der Waals surface area contributed by atoms with Crippen molar-refractivity contribution in [2.75, 3.05) is 6.54 Å². The van der Waals surface area contributed by atoms with Gasteiger partial charge in [0.1, 0.15) is 17.8 Å². The first-order chi connectivity index (χ1) is 7.81. The number of hydrogen-bond acceptors (Lipinski definition) is 4. The predicted octanol–water partition coefficient (Wildman–Crippen LogP) is 2.19. The lowest BCUT2D eigenvalue weighted by molar-refractivity contribution is 0.473. The van der Waals surface area contributed by atoms with Gasteiger partial charge in [-0.2, -0.15) is 0 Å². The number of furan rings is 1. The van der Waals surface area contributed by atoms with Crippen LogP contribution in [0.3, 0.4) is 0 Å². The monoisotopic (exact) mass is 217 g/mol. The third kappa shape index (κ3) is 2.28. The molecule has 2 aromatic heterocycles. The van der Waals surface area contributed by atoms with Crippen LogP contribution in [0.2, 0.25) is 0 Å². The van der Waals surface area contributed by atoms with E-state index in [1.807, 2.05) is 12.1 Å². The molecule has 0 amide bonds. The van der Waals surface area contributed by atoms with Gasteiger partial charge in [0.15, 0.2) is 0 Å². The van der Waals surface area contributed by atoms with Crippen molar-refractivity contribution < 1.29 is 4.42 Å². The molecule has 0 bridgehead atoms. The fraction of sp³-hybridized carbons (Fsp3) is 0.333. The standard InChI is InChI=1S/C12H15N3O/c1-9(4-5-13)11-2-3-12(16-11)10-6-14-8-15-7-10/h2-3,6-9H,4-5,13H2,1H3. The quantitative estimate of drug-likeness (QED) is 0.852. The van der Waals surface area contributed by atoms with Crippen LogP contribution < -0.4 is 5.73 Å². The Morgan fingerprint density at radius 2 is 2.06 bits per heavy atom. The largest absolute Gasteiger partial charge is 0.461 e. The van der Waals surface area contributed by atoms with Gasteiger partial charge in [-0.3, -0.25) is 0 Å². The second-order valence-corrected chi connectivity index (χ2v) is 3.81. The highest BCUT2D eigenvalue weighted by Gasteiger charge is 2.10. The SMILES string of the molecule is CC(CCN)c1ccc(-c2cncnc2)o1. The highest BCUT2D eigenvalue weighted by atomic mass is 16.3. The van der Waals surface area contributed by atoms with Crippen molar-refractivity contribution in [1.29, 1.82) is 0 Å². The topological polar surface area (TPSA) is 64.9 Å². The first-order valence-electron chi connectivity index (χ1n) is 5.36. The molecular weight excluding hydrogens is 202 g/mol. The summed E-state index contributed by atoms with van der Waals surface area (Å²) < 4.78 is 5.75. The first kappa shape index (κ1) is 10.8. The van der Waals surface area contributed by atoms with Crippen molar-refractivity contribution in [3.05, 3.63) is 36.6 Å². The van der Waals surface area contributed by atoms with Crippen LogP contribution in [0, 0.1) is 0 Å². The maximum atomic E-state index is 5.75. The van der Waals surface area contributed by atoms with Crippen molar-refractivity contribution in [2.24, 2.45) is 5.73 Å². The van der Waals surface area contributed by atoms with Crippen LogP contribution in [0.25, 0.3) is 11.3 Å². The lowest BCUT2D eigenvalue weighted by atomic mass is 10.1. The van der Waals surface area contributed by atoms with Gasteiger partial charge in [0.25, 0.3) is 0 Å². The molecule has 0 fully saturated rings. The van der Waals surface area contributed by atoms with Crippen LogP contribution in [0.5, 0.6) is 0 Å². The summed E-state index contributed by atoms with van der Waals surface area (Å²) in [6.45, 7) is 2.78. The summed E-state index contributed by atoms with van der Waals surface area (Å²) in [5.74, 6) is 2.12. The molecule has 1 atom stereocenters. The Labute approximate surface area is 94.5 Å². The van der Waals surface area contributed by atoms with Crippen molar-refractivity contribution in [3.8, 4) is 11.3 Å². The Bertz CT molecular complexity index is 439. The minimum absolute atomic E-state index is 0.350. The molecule has 84 valence electrons. The number of aromatic nitrogens is 2. The van der Waals surface area contributed by atoms with Crippen LogP contribution in [0.1, 0.15) is 25.0 Å². The van der Waals surface area contributed by atoms with E-state index in [1.165, 1.54) is 6.33 Å². The second-order valence-electron chi connectivity index (χ2n) is 3.81. The normalized spacial score (nSPS) is 12.6. The van der Waals surface area contributed by atoms with E-state index >= 15 is 0 Å². The number of rotatable bonds is 4. The molecule has 4 nitrogen and oxygen atoms in total. The van der Waals surface area contributed by atoms with Gasteiger partial charge in [-0.1, -0.05) is 6.92 Å². The molecule has 0 saturated carbocycles. The summed E-state index contributed by atoms with van der Waals surface area (Å²) >= 11 is 0. The summed E-state index contributed by atoms with van der Waals surface area (Å²) in [7, 11) is 0. The van der Waals surface area contributed by atoms with Gasteiger partial charge in [0.05, 0.1) is 5.56 Å². The van der Waals surface area contributed by atoms with E-state index in [9.17, 15) is 0 Å². The zero-order valence-corrected chi connectivity index (χ0v) is 9.26. The summed E-state index contributed by atoms with van der Waals surface area (Å²) in [5, 5.41) is 0. The van der Waals surface area contributed by atoms with Crippen molar-refractivity contribution in [1.82, 2.24) is 9.97 Å². The van der Waals surface area contributed by atoms with Gasteiger partial charge in [-0.15, -0.1) is 0 Å². The Morgan fingerprint density at radius 3 is 2.75 bits per heavy atom. The molecule has 1 unspecified atom stereocenters. The Hall–Kier alpha value is -1.68. The average molecular weight is 217 g/mol. The Kier molecular flexibility index (Phi) is 3.31. The van der Waals surface area contributed by atoms with Crippen molar-refractivity contribution in [3.63, 3.8) is 0 Å². The van der Waals surface area contributed by atoms with Crippen LogP contribution in [0.4, 0.5) is 0 Å². The molecule has 4 heteroatoms. The summed E-state index contributed by atoms with van der Waals surface area (Å²) in [5.41, 5.74) is 6.42. The molecule has 16 heavy (non-hydrogen) atoms. The molecule has 2 heterocycles. The fourth-order valence-corrected chi connectivity index (χ4v) is 1.59. The van der Waals surface area contributed by atoms with E-state index < -0.39 is 0 Å². The Morgan fingerprint density at radius 1 is 1.31 bits per heavy atom. The van der Waals surface area contributed by atoms with Gasteiger partial charge in [0, 0.05) is 18.3 Å². The van der Waals surface area contributed by atoms with Gasteiger partial charge in [-0.25, -0.2) is 9.97 Å². The summed E-state index contributed by atoms with van der Waals surface area (Å²) in [6, 6.07) is 3.93. The highest BCUT2D eigenvalue weighted by molar-refractivity contribution is 5.54. The molecule has 0 aliphatic rings. The molecular formula is C12H15N3O. The number of hydrogen-bond donors (Lipinski definition) is 1. The van der Waals surface area contributed by atoms with Gasteiger partial charge < -0.3 is 10.2 Å². The van der Waals surface area contributed by atoms with Crippen molar-refractivity contribution in [2.45, 2.75) is 19.3 Å². The van der Waals surface area contributed by atoms with Gasteiger partial charge in [-0.05, 0) is 25.1 Å². The molecule has 0 aromatic carbocycles. The van der Waals surface area contributed by atoms with E-state index in [0.717, 1.165) is 23.5 Å². The lowest BCUT2D eigenvalue weighted by Crippen LogP contribution is -2.03. The van der Waals surface area contributed by atoms with E-state index in [4.69, 9.17) is 10.2 Å². The maximum Gasteiger partial charge on any atom is 0.137 e.